The van der Waals surface area contributed by atoms with Gasteiger partial charge in [0.15, 0.2) is 15.7 Å². The van der Waals surface area contributed by atoms with Crippen LogP contribution in [0.1, 0.15) is 17.3 Å². The van der Waals surface area contributed by atoms with Gasteiger partial charge in [-0.2, -0.15) is 0 Å². The molecule has 0 atom stereocenters. The molecule has 23 heavy (non-hydrogen) atoms. The average Bonchev–Trinajstić information content (AvgIpc) is 2.76. The molecule has 0 amide bonds. The number of oxazole rings is 1. The second-order valence-corrected chi connectivity index (χ2v) is 8.82. The Morgan fingerprint density at radius 3 is 2.22 bits per heavy atom. The van der Waals surface area contributed by atoms with Crippen molar-refractivity contribution in [3.05, 3.63) is 41.6 Å². The minimum atomic E-state index is -3.94. The Balaban J connectivity index is 2.19. The van der Waals surface area contributed by atoms with Crippen LogP contribution < -0.4 is 4.72 Å². The first-order chi connectivity index (χ1) is 10.6. The van der Waals surface area contributed by atoms with Crippen molar-refractivity contribution >= 4 is 19.9 Å². The zero-order valence-corrected chi connectivity index (χ0v) is 14.7. The van der Waals surface area contributed by atoms with Gasteiger partial charge >= 0.3 is 0 Å². The number of aryl methyl sites for hydroxylation is 2. The fourth-order valence-electron chi connectivity index (χ4n) is 2.16. The van der Waals surface area contributed by atoms with Gasteiger partial charge < -0.3 is 4.42 Å². The van der Waals surface area contributed by atoms with E-state index in [9.17, 15) is 16.8 Å². The lowest BCUT2D eigenvalue weighted by Crippen LogP contribution is -2.27. The quantitative estimate of drug-likeness (QED) is 0.832. The van der Waals surface area contributed by atoms with Gasteiger partial charge in [0.05, 0.1) is 10.6 Å². The van der Waals surface area contributed by atoms with E-state index < -0.39 is 19.9 Å². The maximum atomic E-state index is 12.4. The molecule has 9 heteroatoms. The molecule has 0 saturated carbocycles. The summed E-state index contributed by atoms with van der Waals surface area (Å²) < 4.78 is 55.9. The zero-order chi connectivity index (χ0) is 17.3. The van der Waals surface area contributed by atoms with E-state index in [1.165, 1.54) is 24.3 Å². The van der Waals surface area contributed by atoms with Crippen molar-refractivity contribution in [2.75, 3.05) is 12.8 Å². The lowest BCUT2D eigenvalue weighted by Gasteiger charge is -2.10. The summed E-state index contributed by atoms with van der Waals surface area (Å²) >= 11 is 0. The van der Waals surface area contributed by atoms with Crippen LogP contribution in [-0.4, -0.2) is 34.6 Å². The third-order valence-corrected chi connectivity index (χ3v) is 5.99. The van der Waals surface area contributed by atoms with E-state index in [0.29, 0.717) is 23.8 Å². The van der Waals surface area contributed by atoms with E-state index in [1.807, 2.05) is 0 Å². The van der Waals surface area contributed by atoms with Crippen LogP contribution >= 0.6 is 0 Å². The highest BCUT2D eigenvalue weighted by Gasteiger charge is 2.23. The molecule has 0 unspecified atom stereocenters. The highest BCUT2D eigenvalue weighted by Crippen LogP contribution is 2.20. The van der Waals surface area contributed by atoms with E-state index in [2.05, 4.69) is 9.71 Å². The van der Waals surface area contributed by atoms with Crippen molar-refractivity contribution in [2.45, 2.75) is 30.1 Å². The topological polar surface area (TPSA) is 106 Å². The average molecular weight is 358 g/mol. The summed E-state index contributed by atoms with van der Waals surface area (Å²) in [5.74, 6) is 1.15. The number of rotatable bonds is 6. The van der Waals surface area contributed by atoms with Crippen molar-refractivity contribution < 1.29 is 21.3 Å². The number of sulfonamides is 1. The monoisotopic (exact) mass is 358 g/mol. The molecular weight excluding hydrogens is 340 g/mol. The van der Waals surface area contributed by atoms with Crippen LogP contribution in [0.3, 0.4) is 0 Å². The lowest BCUT2D eigenvalue weighted by atomic mass is 10.3. The maximum absolute atomic E-state index is 12.4. The Hall–Kier alpha value is -1.71. The van der Waals surface area contributed by atoms with Crippen LogP contribution in [0.2, 0.25) is 0 Å². The molecule has 0 spiro atoms. The Morgan fingerprint density at radius 1 is 1.09 bits per heavy atom. The van der Waals surface area contributed by atoms with Crippen LogP contribution in [0.4, 0.5) is 0 Å². The number of nitrogens with zero attached hydrogens (tertiary/aromatic N) is 1. The fourth-order valence-corrected chi connectivity index (χ4v) is 4.82. The number of hydrogen-bond donors (Lipinski definition) is 1. The summed E-state index contributed by atoms with van der Waals surface area (Å²) in [7, 11) is -7.58. The first kappa shape index (κ1) is 17.6. The Kier molecular flexibility index (Phi) is 4.92. The van der Waals surface area contributed by atoms with Gasteiger partial charge in [0.1, 0.15) is 10.7 Å². The zero-order valence-electron chi connectivity index (χ0n) is 13.0. The molecule has 2 aromatic rings. The predicted molar refractivity (Wildman–Crippen MR) is 84.4 cm³/mol. The molecule has 0 bridgehead atoms. The Morgan fingerprint density at radius 2 is 1.70 bits per heavy atom. The molecule has 7 nitrogen and oxygen atoms in total. The molecule has 0 aliphatic rings. The molecule has 1 aromatic heterocycles. The number of aromatic nitrogens is 1. The van der Waals surface area contributed by atoms with Gasteiger partial charge in [0.2, 0.25) is 10.0 Å². The SMILES string of the molecule is Cc1nc(CCNS(=O)(=O)c2ccccc2S(C)(=O)=O)c(C)o1. The summed E-state index contributed by atoms with van der Waals surface area (Å²) in [6.07, 6.45) is 1.33. The third-order valence-electron chi connectivity index (χ3n) is 3.19. The lowest BCUT2D eigenvalue weighted by molar-refractivity contribution is 0.492. The normalized spacial score (nSPS) is 12.5. The van der Waals surface area contributed by atoms with E-state index in [0.717, 1.165) is 6.26 Å². The number of sulfone groups is 1. The predicted octanol–water partition coefficient (Wildman–Crippen LogP) is 1.22. The first-order valence-electron chi connectivity index (χ1n) is 6.83. The molecule has 0 aliphatic heterocycles. The minimum Gasteiger partial charge on any atom is -0.446 e. The van der Waals surface area contributed by atoms with Crippen molar-refractivity contribution in [1.82, 2.24) is 9.71 Å². The van der Waals surface area contributed by atoms with E-state index in [4.69, 9.17) is 4.42 Å². The van der Waals surface area contributed by atoms with E-state index >= 15 is 0 Å². The second-order valence-electron chi connectivity index (χ2n) is 5.10. The maximum Gasteiger partial charge on any atom is 0.241 e. The third kappa shape index (κ3) is 4.18. The summed E-state index contributed by atoms with van der Waals surface area (Å²) in [5, 5.41) is 0. The molecule has 0 saturated heterocycles. The van der Waals surface area contributed by atoms with Gasteiger partial charge in [-0.1, -0.05) is 12.1 Å². The van der Waals surface area contributed by atoms with Crippen molar-refractivity contribution in [3.63, 3.8) is 0 Å². The molecule has 0 fully saturated rings. The van der Waals surface area contributed by atoms with Crippen molar-refractivity contribution in [1.29, 1.82) is 0 Å². The van der Waals surface area contributed by atoms with Crippen LogP contribution in [0, 0.1) is 13.8 Å². The molecular formula is C14H18N2O5S2. The van der Waals surface area contributed by atoms with Gasteiger partial charge in [-0.3, -0.25) is 0 Å². The van der Waals surface area contributed by atoms with Gasteiger partial charge in [0, 0.05) is 26.1 Å². The first-order valence-corrected chi connectivity index (χ1v) is 10.2. The largest absolute Gasteiger partial charge is 0.446 e. The van der Waals surface area contributed by atoms with E-state index in [-0.39, 0.29) is 16.3 Å². The number of benzene rings is 1. The van der Waals surface area contributed by atoms with Crippen molar-refractivity contribution in [3.8, 4) is 0 Å². The number of nitrogens with one attached hydrogen (secondary N) is 1. The standard InChI is InChI=1S/C14H18N2O5S2/c1-10-12(16-11(2)21-10)8-9-15-23(19,20)14-7-5-4-6-13(14)22(3,17)18/h4-7,15H,8-9H2,1-3H3. The van der Waals surface area contributed by atoms with Crippen LogP contribution in [0.15, 0.2) is 38.5 Å². The highest BCUT2D eigenvalue weighted by molar-refractivity contribution is 7.93. The fraction of sp³-hybridized carbons (Fsp3) is 0.357. The molecule has 0 aliphatic carbocycles. The second kappa shape index (κ2) is 6.42. The van der Waals surface area contributed by atoms with Gasteiger partial charge in [-0.05, 0) is 19.1 Å². The minimum absolute atomic E-state index is 0.0905. The highest BCUT2D eigenvalue weighted by atomic mass is 32.2. The van der Waals surface area contributed by atoms with E-state index in [1.54, 1.807) is 13.8 Å². The van der Waals surface area contributed by atoms with Crippen LogP contribution in [0.5, 0.6) is 0 Å². The number of hydrogen-bond acceptors (Lipinski definition) is 6. The molecule has 1 aromatic carbocycles. The van der Waals surface area contributed by atoms with Crippen LogP contribution in [0.25, 0.3) is 0 Å². The molecule has 1 heterocycles. The summed E-state index contributed by atoms with van der Waals surface area (Å²) in [6, 6.07) is 5.50. The van der Waals surface area contributed by atoms with Crippen LogP contribution in [-0.2, 0) is 26.3 Å². The molecule has 126 valence electrons. The Bertz CT molecular complexity index is 914. The summed E-state index contributed by atoms with van der Waals surface area (Å²) in [4.78, 5) is 3.69. The Labute approximate surface area is 135 Å². The molecule has 1 N–H and O–H groups in total. The summed E-state index contributed by atoms with van der Waals surface area (Å²) in [5.41, 5.74) is 0.668. The van der Waals surface area contributed by atoms with Gasteiger partial charge in [0.25, 0.3) is 0 Å². The summed E-state index contributed by atoms with van der Waals surface area (Å²) in [6.45, 7) is 3.55. The smallest absolute Gasteiger partial charge is 0.241 e. The molecule has 0 radical (unpaired) electrons. The van der Waals surface area contributed by atoms with Gasteiger partial charge in [-0.15, -0.1) is 0 Å². The molecule has 2 rings (SSSR count). The van der Waals surface area contributed by atoms with Gasteiger partial charge in [-0.25, -0.2) is 26.5 Å². The van der Waals surface area contributed by atoms with Crippen molar-refractivity contribution in [2.24, 2.45) is 0 Å².